The highest BCUT2D eigenvalue weighted by Gasteiger charge is 2.14. The fraction of sp³-hybridized carbons (Fsp3) is 0.778. The topological polar surface area (TPSA) is 29.1 Å². The molecule has 0 saturated carbocycles. The Morgan fingerprint density at radius 1 is 1.45 bits per heavy atom. The van der Waals surface area contributed by atoms with E-state index in [4.69, 9.17) is 0 Å². The van der Waals surface area contributed by atoms with Crippen LogP contribution in [0, 0.1) is 12.3 Å². The van der Waals surface area contributed by atoms with E-state index in [1.807, 2.05) is 0 Å². The fourth-order valence-corrected chi connectivity index (χ4v) is 0.772. The van der Waals surface area contributed by atoms with Gasteiger partial charge in [0.2, 0.25) is 5.91 Å². The molecule has 0 aromatic heterocycles. The summed E-state index contributed by atoms with van der Waals surface area (Å²) in [7, 11) is 0. The van der Waals surface area contributed by atoms with Gasteiger partial charge < -0.3 is 5.32 Å². The van der Waals surface area contributed by atoms with Crippen LogP contribution < -0.4 is 5.32 Å². The molecule has 0 aliphatic rings. The van der Waals surface area contributed by atoms with E-state index < -0.39 is 0 Å². The first-order valence-corrected chi connectivity index (χ1v) is 4.01. The molecule has 0 spiro atoms. The molecule has 11 heavy (non-hydrogen) atoms. The van der Waals surface area contributed by atoms with Crippen LogP contribution >= 0.6 is 0 Å². The molecule has 1 N–H and O–H groups in total. The molecule has 0 aliphatic heterocycles. The fourth-order valence-electron chi connectivity index (χ4n) is 0.772. The number of carbonyl (C=O) groups excluding carboxylic acids is 1. The summed E-state index contributed by atoms with van der Waals surface area (Å²) in [6, 6.07) is 0. The van der Waals surface area contributed by atoms with Gasteiger partial charge in [-0.15, -0.1) is 0 Å². The van der Waals surface area contributed by atoms with E-state index in [9.17, 15) is 4.79 Å². The van der Waals surface area contributed by atoms with Gasteiger partial charge in [0.05, 0.1) is 0 Å². The monoisotopic (exact) mass is 156 g/mol. The first-order valence-electron chi connectivity index (χ1n) is 4.01. The Kier molecular flexibility index (Phi) is 4.16. The third-order valence-electron chi connectivity index (χ3n) is 1.19. The van der Waals surface area contributed by atoms with Crippen LogP contribution in [-0.4, -0.2) is 12.5 Å². The van der Waals surface area contributed by atoms with Crippen molar-refractivity contribution in [2.75, 3.05) is 6.54 Å². The zero-order chi connectivity index (χ0) is 8.91. The summed E-state index contributed by atoms with van der Waals surface area (Å²) >= 11 is 0. The predicted molar refractivity (Wildman–Crippen MR) is 47.1 cm³/mol. The Bertz CT molecular complexity index is 124. The second-order valence-electron chi connectivity index (χ2n) is 3.94. The number of amides is 1. The van der Waals surface area contributed by atoms with Crippen LogP contribution in [0.15, 0.2) is 0 Å². The lowest BCUT2D eigenvalue weighted by atomic mass is 9.92. The lowest BCUT2D eigenvalue weighted by Gasteiger charge is -2.16. The van der Waals surface area contributed by atoms with Gasteiger partial charge in [-0.05, 0) is 11.8 Å². The van der Waals surface area contributed by atoms with Crippen molar-refractivity contribution < 1.29 is 4.79 Å². The summed E-state index contributed by atoms with van der Waals surface area (Å²) in [5, 5.41) is 2.79. The van der Waals surface area contributed by atoms with Crippen LogP contribution in [0.4, 0.5) is 0 Å². The van der Waals surface area contributed by atoms with Crippen LogP contribution in [0.3, 0.4) is 0 Å². The van der Waals surface area contributed by atoms with Gasteiger partial charge in [-0.2, -0.15) is 0 Å². The second kappa shape index (κ2) is 4.37. The highest BCUT2D eigenvalue weighted by molar-refractivity contribution is 5.76. The number of carbonyl (C=O) groups is 1. The van der Waals surface area contributed by atoms with Crippen molar-refractivity contribution in [1.29, 1.82) is 0 Å². The van der Waals surface area contributed by atoms with Crippen molar-refractivity contribution in [1.82, 2.24) is 5.32 Å². The highest BCUT2D eigenvalue weighted by Crippen LogP contribution is 2.17. The van der Waals surface area contributed by atoms with Crippen LogP contribution in [0.2, 0.25) is 0 Å². The molecule has 1 radical (unpaired) electrons. The molecule has 0 saturated heterocycles. The van der Waals surface area contributed by atoms with Crippen molar-refractivity contribution in [2.24, 2.45) is 5.41 Å². The lowest BCUT2D eigenvalue weighted by molar-refractivity contribution is -0.122. The van der Waals surface area contributed by atoms with Crippen molar-refractivity contribution in [2.45, 2.75) is 33.6 Å². The Morgan fingerprint density at radius 2 is 2.00 bits per heavy atom. The minimum Gasteiger partial charge on any atom is -0.356 e. The average molecular weight is 156 g/mol. The van der Waals surface area contributed by atoms with E-state index in [0.717, 1.165) is 6.42 Å². The Balaban J connectivity index is 3.53. The molecule has 0 fully saturated rings. The molecular weight excluding hydrogens is 138 g/mol. The maximum atomic E-state index is 11.1. The zero-order valence-electron chi connectivity index (χ0n) is 7.74. The molecule has 0 unspecified atom stereocenters. The molecule has 2 nitrogen and oxygen atoms in total. The Morgan fingerprint density at radius 3 is 2.36 bits per heavy atom. The van der Waals surface area contributed by atoms with E-state index in [1.165, 1.54) is 0 Å². The Hall–Kier alpha value is -0.530. The van der Waals surface area contributed by atoms with Gasteiger partial charge in [-0.25, -0.2) is 0 Å². The van der Waals surface area contributed by atoms with Gasteiger partial charge in [0, 0.05) is 13.0 Å². The standard InChI is InChI=1S/C9H18NO/c1-5-6-10-8(11)7-9(2,3)4/h1,5-7H2,2-4H3,(H,10,11). The van der Waals surface area contributed by atoms with Crippen LogP contribution in [0.25, 0.3) is 0 Å². The molecule has 0 bridgehead atoms. The van der Waals surface area contributed by atoms with Crippen molar-refractivity contribution in [3.63, 3.8) is 0 Å². The highest BCUT2D eigenvalue weighted by atomic mass is 16.1. The molecule has 0 aliphatic carbocycles. The van der Waals surface area contributed by atoms with Gasteiger partial charge in [0.15, 0.2) is 0 Å². The minimum atomic E-state index is 0.0885. The van der Waals surface area contributed by atoms with Gasteiger partial charge in [-0.3, -0.25) is 4.79 Å². The van der Waals surface area contributed by atoms with Crippen molar-refractivity contribution in [3.05, 3.63) is 6.92 Å². The summed E-state index contributed by atoms with van der Waals surface area (Å²) in [4.78, 5) is 11.1. The van der Waals surface area contributed by atoms with Crippen LogP contribution in [0.1, 0.15) is 33.6 Å². The number of hydrogen-bond acceptors (Lipinski definition) is 1. The van der Waals surface area contributed by atoms with E-state index in [1.54, 1.807) is 0 Å². The number of hydrogen-bond donors (Lipinski definition) is 1. The maximum absolute atomic E-state index is 11.1. The summed E-state index contributed by atoms with van der Waals surface area (Å²) in [6.07, 6.45) is 1.35. The second-order valence-corrected chi connectivity index (χ2v) is 3.94. The van der Waals surface area contributed by atoms with Crippen LogP contribution in [0.5, 0.6) is 0 Å². The van der Waals surface area contributed by atoms with E-state index in [-0.39, 0.29) is 11.3 Å². The van der Waals surface area contributed by atoms with Crippen LogP contribution in [-0.2, 0) is 4.79 Å². The zero-order valence-corrected chi connectivity index (χ0v) is 7.74. The predicted octanol–water partition coefficient (Wildman–Crippen LogP) is 1.76. The first kappa shape index (κ1) is 10.5. The molecule has 0 aromatic rings. The molecule has 0 atom stereocenters. The van der Waals surface area contributed by atoms with Gasteiger partial charge in [0.1, 0.15) is 0 Å². The Labute approximate surface area is 69.4 Å². The molecule has 0 rings (SSSR count). The smallest absolute Gasteiger partial charge is 0.220 e. The lowest BCUT2D eigenvalue weighted by Crippen LogP contribution is -2.27. The van der Waals surface area contributed by atoms with Crippen molar-refractivity contribution >= 4 is 5.91 Å². The minimum absolute atomic E-state index is 0.0885. The van der Waals surface area contributed by atoms with E-state index in [0.29, 0.717) is 13.0 Å². The molecule has 1 amide bonds. The third-order valence-corrected chi connectivity index (χ3v) is 1.19. The maximum Gasteiger partial charge on any atom is 0.220 e. The van der Waals surface area contributed by atoms with E-state index in [2.05, 4.69) is 33.0 Å². The number of nitrogens with one attached hydrogen (secondary N) is 1. The van der Waals surface area contributed by atoms with Crippen molar-refractivity contribution in [3.8, 4) is 0 Å². The molecule has 2 heteroatoms. The normalized spacial score (nSPS) is 11.3. The van der Waals surface area contributed by atoms with Gasteiger partial charge in [0.25, 0.3) is 0 Å². The average Bonchev–Trinajstić information content (AvgIpc) is 1.79. The molecule has 0 aromatic carbocycles. The SMILES string of the molecule is [CH2]CCNC(=O)CC(C)(C)C. The summed E-state index contributed by atoms with van der Waals surface area (Å²) in [5.74, 6) is 0.126. The van der Waals surface area contributed by atoms with E-state index >= 15 is 0 Å². The summed E-state index contributed by atoms with van der Waals surface area (Å²) < 4.78 is 0. The quantitative estimate of drug-likeness (QED) is 0.663. The molecule has 0 heterocycles. The molecule has 65 valence electrons. The summed E-state index contributed by atoms with van der Waals surface area (Å²) in [5.41, 5.74) is 0.0885. The first-order chi connectivity index (χ1) is 4.95. The molecular formula is C9H18NO. The number of rotatable bonds is 3. The van der Waals surface area contributed by atoms with Gasteiger partial charge in [-0.1, -0.05) is 27.7 Å². The van der Waals surface area contributed by atoms with Gasteiger partial charge >= 0.3 is 0 Å². The third kappa shape index (κ3) is 7.37. The summed E-state index contributed by atoms with van der Waals surface area (Å²) in [6.45, 7) is 10.5. The largest absolute Gasteiger partial charge is 0.356 e.